The van der Waals surface area contributed by atoms with Gasteiger partial charge in [-0.1, -0.05) is 66.2 Å². The Labute approximate surface area is 231 Å². The molecule has 40 heavy (non-hydrogen) atoms. The van der Waals surface area contributed by atoms with Gasteiger partial charge in [0.15, 0.2) is 0 Å². The van der Waals surface area contributed by atoms with Crippen LogP contribution in [0.4, 0.5) is 26.3 Å². The van der Waals surface area contributed by atoms with Gasteiger partial charge >= 0.3 is 12.7 Å². The van der Waals surface area contributed by atoms with Crippen LogP contribution in [0.5, 0.6) is 11.5 Å². The third-order valence-corrected chi connectivity index (χ3v) is 6.53. The number of nitrogens with zero attached hydrogens (tertiary/aromatic N) is 1. The van der Waals surface area contributed by atoms with Crippen molar-refractivity contribution >= 4 is 11.6 Å². The van der Waals surface area contributed by atoms with Gasteiger partial charge in [-0.2, -0.15) is 0 Å². The number of ether oxygens (including phenoxy) is 2. The maximum atomic E-state index is 13.1. The zero-order chi connectivity index (χ0) is 28.8. The summed E-state index contributed by atoms with van der Waals surface area (Å²) >= 11 is 6.25. The maximum Gasteiger partial charge on any atom is 0.573 e. The predicted molar refractivity (Wildman–Crippen MR) is 138 cm³/mol. The molecule has 0 fully saturated rings. The minimum Gasteiger partial charge on any atom is -0.406 e. The van der Waals surface area contributed by atoms with Crippen molar-refractivity contribution in [2.24, 2.45) is 0 Å². The fraction of sp³-hybridized carbons (Fsp3) is 0.207. The summed E-state index contributed by atoms with van der Waals surface area (Å²) in [5.41, 5.74) is 1.12. The van der Waals surface area contributed by atoms with E-state index in [0.29, 0.717) is 21.7 Å². The van der Waals surface area contributed by atoms with E-state index < -0.39 is 29.6 Å². The zero-order valence-electron chi connectivity index (χ0n) is 20.8. The lowest BCUT2D eigenvalue weighted by Crippen LogP contribution is -2.41. The highest BCUT2D eigenvalue weighted by molar-refractivity contribution is 6.31. The van der Waals surface area contributed by atoms with Crippen molar-refractivity contribution in [2.45, 2.75) is 31.1 Å². The minimum atomic E-state index is -4.93. The first-order chi connectivity index (χ1) is 18.9. The molecule has 0 spiro atoms. The van der Waals surface area contributed by atoms with Crippen molar-refractivity contribution in [1.82, 2.24) is 10.3 Å². The van der Waals surface area contributed by atoms with E-state index in [2.05, 4.69) is 19.8 Å². The molecule has 0 aliphatic rings. The lowest BCUT2D eigenvalue weighted by atomic mass is 9.70. The Morgan fingerprint density at radius 3 is 1.82 bits per heavy atom. The minimum absolute atomic E-state index is 0.103. The Kier molecular flexibility index (Phi) is 8.90. The normalized spacial score (nSPS) is 12.3. The standard InChI is InChI=1S/C29H23ClF6N2O2/c30-26-18-37-13-12-21(26)17-38-19-27(16-20-6-2-1-3-7-20,22-8-4-10-24(14-22)39-28(31,32)33)23-9-5-11-25(15-23)40-29(34,35)36/h1-15,18,38H,16-17,19H2. The van der Waals surface area contributed by atoms with Crippen LogP contribution in [0.2, 0.25) is 5.02 Å². The van der Waals surface area contributed by atoms with E-state index in [9.17, 15) is 26.3 Å². The summed E-state index contributed by atoms with van der Waals surface area (Å²) in [6.45, 7) is 0.362. The molecule has 4 rings (SSSR count). The highest BCUT2D eigenvalue weighted by Crippen LogP contribution is 2.40. The van der Waals surface area contributed by atoms with Crippen LogP contribution in [0, 0.1) is 0 Å². The molecule has 1 heterocycles. The number of hydrogen-bond donors (Lipinski definition) is 1. The van der Waals surface area contributed by atoms with Crippen molar-refractivity contribution in [3.05, 3.63) is 125 Å². The first-order valence-corrected chi connectivity index (χ1v) is 12.4. The SMILES string of the molecule is FC(F)(F)Oc1cccc(C(CNCc2ccncc2Cl)(Cc2ccccc2)c2cccc(OC(F)(F)F)c2)c1. The van der Waals surface area contributed by atoms with Gasteiger partial charge in [-0.05, 0) is 59.0 Å². The maximum absolute atomic E-state index is 13.1. The van der Waals surface area contributed by atoms with Crippen LogP contribution in [0.15, 0.2) is 97.3 Å². The topological polar surface area (TPSA) is 43.4 Å². The molecule has 4 nitrogen and oxygen atoms in total. The number of pyridine rings is 1. The van der Waals surface area contributed by atoms with E-state index >= 15 is 0 Å². The second kappa shape index (κ2) is 12.2. The van der Waals surface area contributed by atoms with Crippen LogP contribution in [0.3, 0.4) is 0 Å². The van der Waals surface area contributed by atoms with E-state index in [1.807, 2.05) is 18.2 Å². The molecule has 0 bridgehead atoms. The smallest absolute Gasteiger partial charge is 0.406 e. The predicted octanol–water partition coefficient (Wildman–Crippen LogP) is 7.85. The molecule has 1 N–H and O–H groups in total. The fourth-order valence-electron chi connectivity index (χ4n) is 4.52. The van der Waals surface area contributed by atoms with Gasteiger partial charge in [-0.3, -0.25) is 4.98 Å². The number of alkyl halides is 6. The van der Waals surface area contributed by atoms with Gasteiger partial charge in [0.25, 0.3) is 0 Å². The van der Waals surface area contributed by atoms with Gasteiger partial charge < -0.3 is 14.8 Å². The van der Waals surface area contributed by atoms with Crippen LogP contribution in [0.1, 0.15) is 22.3 Å². The number of halogens is 7. The Balaban J connectivity index is 1.85. The van der Waals surface area contributed by atoms with E-state index in [-0.39, 0.29) is 19.5 Å². The molecule has 0 saturated carbocycles. The molecule has 0 saturated heterocycles. The fourth-order valence-corrected chi connectivity index (χ4v) is 4.71. The van der Waals surface area contributed by atoms with E-state index in [1.165, 1.54) is 30.5 Å². The van der Waals surface area contributed by atoms with Crippen molar-refractivity contribution in [2.75, 3.05) is 6.54 Å². The number of aromatic nitrogens is 1. The van der Waals surface area contributed by atoms with Crippen molar-refractivity contribution in [1.29, 1.82) is 0 Å². The average Bonchev–Trinajstić information content (AvgIpc) is 2.88. The monoisotopic (exact) mass is 580 g/mol. The molecule has 0 atom stereocenters. The number of benzene rings is 3. The molecule has 11 heteroatoms. The number of nitrogens with one attached hydrogen (secondary N) is 1. The molecule has 1 aromatic heterocycles. The second-order valence-electron chi connectivity index (χ2n) is 8.97. The quantitative estimate of drug-likeness (QED) is 0.194. The lowest BCUT2D eigenvalue weighted by Gasteiger charge is -2.36. The molecule has 0 amide bonds. The van der Waals surface area contributed by atoms with Crippen LogP contribution in [-0.4, -0.2) is 24.3 Å². The molecule has 0 unspecified atom stereocenters. The number of rotatable bonds is 10. The van der Waals surface area contributed by atoms with Crippen molar-refractivity contribution < 1.29 is 35.8 Å². The molecule has 3 aromatic carbocycles. The summed E-state index contributed by atoms with van der Waals surface area (Å²) in [7, 11) is 0. The molecule has 210 valence electrons. The summed E-state index contributed by atoms with van der Waals surface area (Å²) in [6.07, 6.45) is -6.60. The first-order valence-electron chi connectivity index (χ1n) is 12.0. The molecule has 4 aromatic rings. The van der Waals surface area contributed by atoms with Crippen LogP contribution >= 0.6 is 11.6 Å². The summed E-state index contributed by atoms with van der Waals surface area (Å²) < 4.78 is 87.0. The molecular formula is C29H23ClF6N2O2. The van der Waals surface area contributed by atoms with E-state index in [0.717, 1.165) is 17.7 Å². The summed E-state index contributed by atoms with van der Waals surface area (Å²) in [6, 6.07) is 21.7. The Bertz CT molecular complexity index is 1350. The zero-order valence-corrected chi connectivity index (χ0v) is 21.5. The molecule has 0 aliphatic heterocycles. The average molecular weight is 581 g/mol. The second-order valence-corrected chi connectivity index (χ2v) is 9.37. The van der Waals surface area contributed by atoms with Gasteiger partial charge in [-0.15, -0.1) is 26.3 Å². The number of hydrogen-bond acceptors (Lipinski definition) is 4. The van der Waals surface area contributed by atoms with Gasteiger partial charge in [-0.25, -0.2) is 0 Å². The van der Waals surface area contributed by atoms with Gasteiger partial charge in [0, 0.05) is 30.9 Å². The molecule has 0 radical (unpaired) electrons. The highest BCUT2D eigenvalue weighted by atomic mass is 35.5. The summed E-state index contributed by atoms with van der Waals surface area (Å²) in [5, 5.41) is 3.71. The van der Waals surface area contributed by atoms with E-state index in [1.54, 1.807) is 36.5 Å². The Hall–Kier alpha value is -3.76. The van der Waals surface area contributed by atoms with Gasteiger partial charge in [0.2, 0.25) is 0 Å². The van der Waals surface area contributed by atoms with Crippen LogP contribution in [-0.2, 0) is 18.4 Å². The third kappa shape index (κ3) is 7.89. The Morgan fingerprint density at radius 2 is 1.30 bits per heavy atom. The van der Waals surface area contributed by atoms with E-state index in [4.69, 9.17) is 11.6 Å². The van der Waals surface area contributed by atoms with Crippen LogP contribution in [0.25, 0.3) is 0 Å². The first kappa shape index (κ1) is 29.2. The third-order valence-electron chi connectivity index (χ3n) is 6.19. The molecule has 0 aliphatic carbocycles. The summed E-state index contributed by atoms with van der Waals surface area (Å²) in [4.78, 5) is 3.96. The highest BCUT2D eigenvalue weighted by Gasteiger charge is 2.38. The Morgan fingerprint density at radius 1 is 0.725 bits per heavy atom. The van der Waals surface area contributed by atoms with Gasteiger partial charge in [0.1, 0.15) is 11.5 Å². The largest absolute Gasteiger partial charge is 0.573 e. The van der Waals surface area contributed by atoms with Crippen molar-refractivity contribution in [3.8, 4) is 11.5 Å². The lowest BCUT2D eigenvalue weighted by molar-refractivity contribution is -0.275. The van der Waals surface area contributed by atoms with Crippen molar-refractivity contribution in [3.63, 3.8) is 0 Å². The van der Waals surface area contributed by atoms with Crippen LogP contribution < -0.4 is 14.8 Å². The summed E-state index contributed by atoms with van der Waals surface area (Å²) in [5.74, 6) is -0.912. The van der Waals surface area contributed by atoms with Gasteiger partial charge in [0.05, 0.1) is 5.02 Å². The molecular weight excluding hydrogens is 558 g/mol.